The average Bonchev–Trinajstić information content (AvgIpc) is 2.09. The van der Waals surface area contributed by atoms with Crippen LogP contribution in [0.5, 0.6) is 5.75 Å². The molecule has 0 aromatic heterocycles. The number of benzene rings is 1. The van der Waals surface area contributed by atoms with Gasteiger partial charge in [0, 0.05) is 11.6 Å². The van der Waals surface area contributed by atoms with E-state index < -0.39 is 11.8 Å². The number of nitrogens with two attached hydrogens (primary N) is 1. The summed E-state index contributed by atoms with van der Waals surface area (Å²) in [5.74, 6) is -1.45. The number of anilines is 1. The minimum Gasteiger partial charge on any atom is -0.495 e. The number of aliphatic carboxylic acids is 1. The molecule has 1 aromatic rings. The van der Waals surface area contributed by atoms with E-state index in [1.165, 1.54) is 13.2 Å². The fourth-order valence-corrected chi connectivity index (χ4v) is 1.09. The number of halogens is 1. The van der Waals surface area contributed by atoms with Crippen molar-refractivity contribution in [3.63, 3.8) is 0 Å². The first-order chi connectivity index (χ1) is 6.54. The van der Waals surface area contributed by atoms with Gasteiger partial charge in [-0.05, 0) is 6.07 Å². The summed E-state index contributed by atoms with van der Waals surface area (Å²) >= 11 is 0. The van der Waals surface area contributed by atoms with Gasteiger partial charge in [-0.2, -0.15) is 0 Å². The molecule has 0 saturated carbocycles. The van der Waals surface area contributed by atoms with Crippen LogP contribution in [0, 0.1) is 5.82 Å². The highest BCUT2D eigenvalue weighted by Gasteiger charge is 2.10. The third-order valence-electron chi connectivity index (χ3n) is 1.74. The highest BCUT2D eigenvalue weighted by Crippen LogP contribution is 2.25. The van der Waals surface area contributed by atoms with Gasteiger partial charge in [0.15, 0.2) is 0 Å². The van der Waals surface area contributed by atoms with Gasteiger partial charge in [-0.25, -0.2) is 4.39 Å². The monoisotopic (exact) mass is 199 g/mol. The van der Waals surface area contributed by atoms with Gasteiger partial charge in [-0.1, -0.05) is 0 Å². The molecule has 1 aromatic carbocycles. The quantitative estimate of drug-likeness (QED) is 0.713. The predicted molar refractivity (Wildman–Crippen MR) is 48.7 cm³/mol. The molecule has 0 unspecified atom stereocenters. The van der Waals surface area contributed by atoms with Gasteiger partial charge < -0.3 is 15.6 Å². The van der Waals surface area contributed by atoms with Crippen molar-refractivity contribution in [2.75, 3.05) is 12.8 Å². The number of hydrogen-bond donors (Lipinski definition) is 2. The van der Waals surface area contributed by atoms with E-state index in [0.717, 1.165) is 6.07 Å². The molecule has 14 heavy (non-hydrogen) atoms. The van der Waals surface area contributed by atoms with E-state index in [-0.39, 0.29) is 23.4 Å². The summed E-state index contributed by atoms with van der Waals surface area (Å²) in [5, 5.41) is 8.49. The van der Waals surface area contributed by atoms with Gasteiger partial charge in [0.1, 0.15) is 11.6 Å². The second kappa shape index (κ2) is 3.95. The summed E-state index contributed by atoms with van der Waals surface area (Å²) in [6.45, 7) is 0. The van der Waals surface area contributed by atoms with E-state index in [4.69, 9.17) is 15.6 Å². The summed E-state index contributed by atoms with van der Waals surface area (Å²) in [6.07, 6.45) is -0.386. The predicted octanol–water partition coefficient (Wildman–Crippen LogP) is 1.04. The van der Waals surface area contributed by atoms with Crippen LogP contribution in [0.25, 0.3) is 0 Å². The summed E-state index contributed by atoms with van der Waals surface area (Å²) in [6, 6.07) is 2.34. The van der Waals surface area contributed by atoms with Crippen molar-refractivity contribution < 1.29 is 19.0 Å². The molecule has 0 spiro atoms. The number of rotatable bonds is 3. The van der Waals surface area contributed by atoms with Crippen LogP contribution in [0.15, 0.2) is 12.1 Å². The minimum absolute atomic E-state index is 0.0588. The maximum atomic E-state index is 13.1. The number of hydrogen-bond acceptors (Lipinski definition) is 3. The molecule has 0 amide bonds. The normalized spacial score (nSPS) is 9.86. The molecule has 4 nitrogen and oxygen atoms in total. The largest absolute Gasteiger partial charge is 0.495 e. The third-order valence-corrected chi connectivity index (χ3v) is 1.74. The van der Waals surface area contributed by atoms with Crippen LogP contribution < -0.4 is 10.5 Å². The molecule has 0 aliphatic rings. The zero-order chi connectivity index (χ0) is 10.7. The Morgan fingerprint density at radius 1 is 1.64 bits per heavy atom. The maximum Gasteiger partial charge on any atom is 0.307 e. The Balaban J connectivity index is 3.10. The Hall–Kier alpha value is -1.78. The second-order valence-corrected chi connectivity index (χ2v) is 2.76. The van der Waals surface area contributed by atoms with E-state index >= 15 is 0 Å². The molecule has 0 radical (unpaired) electrons. The average molecular weight is 199 g/mol. The smallest absolute Gasteiger partial charge is 0.307 e. The van der Waals surface area contributed by atoms with Gasteiger partial charge in [-0.15, -0.1) is 0 Å². The molecule has 5 heteroatoms. The van der Waals surface area contributed by atoms with Gasteiger partial charge in [0.05, 0.1) is 19.2 Å². The van der Waals surface area contributed by atoms with Gasteiger partial charge in [0.25, 0.3) is 0 Å². The standard InChI is InChI=1S/C9H10FNO3/c1-14-8-2-5(3-9(12)13)6(10)4-7(8)11/h2,4H,3,11H2,1H3,(H,12,13). The first-order valence-electron chi connectivity index (χ1n) is 3.88. The van der Waals surface area contributed by atoms with Gasteiger partial charge in [0.2, 0.25) is 0 Å². The molecular formula is C9H10FNO3. The van der Waals surface area contributed by atoms with E-state index in [9.17, 15) is 9.18 Å². The van der Waals surface area contributed by atoms with Crippen LogP contribution in [0.2, 0.25) is 0 Å². The van der Waals surface area contributed by atoms with E-state index in [1.807, 2.05) is 0 Å². The lowest BCUT2D eigenvalue weighted by atomic mass is 10.1. The highest BCUT2D eigenvalue weighted by atomic mass is 19.1. The highest BCUT2D eigenvalue weighted by molar-refractivity contribution is 5.71. The molecule has 0 saturated heterocycles. The number of ether oxygens (including phenoxy) is 1. The fourth-order valence-electron chi connectivity index (χ4n) is 1.09. The van der Waals surface area contributed by atoms with Crippen LogP contribution in [0.1, 0.15) is 5.56 Å². The Kier molecular flexibility index (Phi) is 2.91. The number of carbonyl (C=O) groups is 1. The minimum atomic E-state index is -1.10. The third kappa shape index (κ3) is 2.12. The van der Waals surface area contributed by atoms with Crippen LogP contribution in [0.3, 0.4) is 0 Å². The molecule has 3 N–H and O–H groups in total. The van der Waals surface area contributed by atoms with Gasteiger partial charge >= 0.3 is 5.97 Å². The Labute approximate surface area is 80.1 Å². The maximum absolute atomic E-state index is 13.1. The SMILES string of the molecule is COc1cc(CC(=O)O)c(F)cc1N. The van der Waals surface area contributed by atoms with Gasteiger partial charge in [-0.3, -0.25) is 4.79 Å². The Morgan fingerprint density at radius 3 is 2.79 bits per heavy atom. The van der Waals surface area contributed by atoms with Crippen LogP contribution >= 0.6 is 0 Å². The van der Waals surface area contributed by atoms with Crippen LogP contribution in [0.4, 0.5) is 10.1 Å². The van der Waals surface area contributed by atoms with Crippen molar-refractivity contribution in [2.24, 2.45) is 0 Å². The van der Waals surface area contributed by atoms with Crippen molar-refractivity contribution in [1.82, 2.24) is 0 Å². The summed E-state index contributed by atoms with van der Waals surface area (Å²) in [5.41, 5.74) is 5.63. The molecule has 76 valence electrons. The first-order valence-corrected chi connectivity index (χ1v) is 3.88. The van der Waals surface area contributed by atoms with Crippen molar-refractivity contribution in [3.05, 3.63) is 23.5 Å². The summed E-state index contributed by atoms with van der Waals surface area (Å²) in [7, 11) is 1.38. The van der Waals surface area contributed by atoms with Crippen molar-refractivity contribution in [2.45, 2.75) is 6.42 Å². The van der Waals surface area contributed by atoms with Crippen molar-refractivity contribution in [3.8, 4) is 5.75 Å². The molecule has 0 atom stereocenters. The number of carboxylic acids is 1. The first kappa shape index (κ1) is 10.3. The lowest BCUT2D eigenvalue weighted by Gasteiger charge is -2.07. The number of methoxy groups -OCH3 is 1. The molecule has 0 aliphatic heterocycles. The lowest BCUT2D eigenvalue weighted by molar-refractivity contribution is -0.136. The van der Waals surface area contributed by atoms with E-state index in [2.05, 4.69) is 0 Å². The molecule has 0 bridgehead atoms. The number of nitrogen functional groups attached to an aromatic ring is 1. The molecule has 0 fully saturated rings. The van der Waals surface area contributed by atoms with E-state index in [0.29, 0.717) is 0 Å². The van der Waals surface area contributed by atoms with Crippen molar-refractivity contribution in [1.29, 1.82) is 0 Å². The lowest BCUT2D eigenvalue weighted by Crippen LogP contribution is -2.04. The van der Waals surface area contributed by atoms with Crippen LogP contribution in [-0.4, -0.2) is 18.2 Å². The zero-order valence-electron chi connectivity index (χ0n) is 7.58. The molecule has 0 heterocycles. The molecule has 1 rings (SSSR count). The van der Waals surface area contributed by atoms with Crippen molar-refractivity contribution >= 4 is 11.7 Å². The van der Waals surface area contributed by atoms with E-state index in [1.54, 1.807) is 0 Å². The summed E-state index contributed by atoms with van der Waals surface area (Å²) in [4.78, 5) is 10.4. The Bertz CT molecular complexity index is 365. The van der Waals surface area contributed by atoms with Crippen LogP contribution in [-0.2, 0) is 11.2 Å². The molecular weight excluding hydrogens is 189 g/mol. The zero-order valence-corrected chi connectivity index (χ0v) is 7.58. The summed E-state index contributed by atoms with van der Waals surface area (Å²) < 4.78 is 18.0. The fraction of sp³-hybridized carbons (Fsp3) is 0.222. The topological polar surface area (TPSA) is 72.5 Å². The number of carboxylic acid groups (broad SMARTS) is 1. The molecule has 0 aliphatic carbocycles. The Morgan fingerprint density at radius 2 is 2.29 bits per heavy atom. The second-order valence-electron chi connectivity index (χ2n) is 2.76.